The highest BCUT2D eigenvalue weighted by molar-refractivity contribution is 5.79. The van der Waals surface area contributed by atoms with Crippen molar-refractivity contribution in [3.63, 3.8) is 0 Å². The van der Waals surface area contributed by atoms with E-state index < -0.39 is 17.8 Å². The van der Waals surface area contributed by atoms with Crippen molar-refractivity contribution < 1.29 is 27.5 Å². The van der Waals surface area contributed by atoms with E-state index in [0.717, 1.165) is 12.3 Å². The molecule has 6 nitrogen and oxygen atoms in total. The van der Waals surface area contributed by atoms with E-state index in [1.165, 1.54) is 7.11 Å². The average Bonchev–Trinajstić information content (AvgIpc) is 3.07. The third-order valence-corrected chi connectivity index (χ3v) is 4.97. The van der Waals surface area contributed by atoms with Crippen LogP contribution in [-0.4, -0.2) is 41.6 Å². The van der Waals surface area contributed by atoms with Crippen LogP contribution in [-0.2, 0) is 28.7 Å². The lowest BCUT2D eigenvalue weighted by atomic mass is 10.00. The number of nitrogens with zero attached hydrogens (tertiary/aromatic N) is 2. The van der Waals surface area contributed by atoms with Gasteiger partial charge in [-0.3, -0.25) is 9.78 Å². The van der Waals surface area contributed by atoms with E-state index in [1.807, 2.05) is 0 Å². The van der Waals surface area contributed by atoms with Gasteiger partial charge in [-0.1, -0.05) is 0 Å². The summed E-state index contributed by atoms with van der Waals surface area (Å²) in [7, 11) is 1.28. The fourth-order valence-electron chi connectivity index (χ4n) is 3.59. The summed E-state index contributed by atoms with van der Waals surface area (Å²) in [5, 5.41) is 2.69. The predicted octanol–water partition coefficient (Wildman–Crippen LogP) is 2.51. The summed E-state index contributed by atoms with van der Waals surface area (Å²) in [6.07, 6.45) is -1.87. The second-order valence-corrected chi connectivity index (χ2v) is 6.68. The van der Waals surface area contributed by atoms with Gasteiger partial charge in [-0.25, -0.2) is 4.79 Å². The van der Waals surface area contributed by atoms with Gasteiger partial charge in [-0.15, -0.1) is 0 Å². The minimum atomic E-state index is -4.45. The van der Waals surface area contributed by atoms with Crippen LogP contribution in [0.25, 0.3) is 0 Å². The summed E-state index contributed by atoms with van der Waals surface area (Å²) in [6, 6.07) is 0.963. The molecule has 0 spiro atoms. The number of halogens is 3. The number of nitrogens with one attached hydrogen (secondary N) is 1. The van der Waals surface area contributed by atoms with Gasteiger partial charge in [-0.2, -0.15) is 13.2 Å². The lowest BCUT2D eigenvalue weighted by Crippen LogP contribution is -2.40. The van der Waals surface area contributed by atoms with Crippen molar-refractivity contribution in [2.24, 2.45) is 5.92 Å². The lowest BCUT2D eigenvalue weighted by molar-refractivity contribution is -0.138. The van der Waals surface area contributed by atoms with Crippen LogP contribution in [0.4, 0.5) is 18.0 Å². The summed E-state index contributed by atoms with van der Waals surface area (Å²) < 4.78 is 43.2. The highest BCUT2D eigenvalue weighted by Gasteiger charge is 2.36. The third kappa shape index (κ3) is 3.91. The Bertz CT molecular complexity index is 708. The molecule has 2 amide bonds. The first kappa shape index (κ1) is 18.5. The second kappa shape index (κ2) is 7.13. The maximum Gasteiger partial charge on any atom is 0.417 e. The Morgan fingerprint density at radius 1 is 1.35 bits per heavy atom. The van der Waals surface area contributed by atoms with E-state index in [2.05, 4.69) is 15.0 Å². The summed E-state index contributed by atoms with van der Waals surface area (Å²) in [4.78, 5) is 29.5. The second-order valence-electron chi connectivity index (χ2n) is 6.68. The summed E-state index contributed by atoms with van der Waals surface area (Å²) in [5.74, 6) is -0.320. The molecule has 0 aromatic carbocycles. The number of rotatable bonds is 2. The minimum absolute atomic E-state index is 0.0813. The zero-order valence-corrected chi connectivity index (χ0v) is 14.3. The topological polar surface area (TPSA) is 71.5 Å². The van der Waals surface area contributed by atoms with Crippen molar-refractivity contribution in [1.82, 2.24) is 15.2 Å². The molecule has 2 atom stereocenters. The fourth-order valence-corrected chi connectivity index (χ4v) is 3.59. The highest BCUT2D eigenvalue weighted by Crippen LogP contribution is 2.32. The molecule has 2 aliphatic rings. The van der Waals surface area contributed by atoms with Gasteiger partial charge in [0.25, 0.3) is 0 Å². The molecule has 0 radical (unpaired) electrons. The van der Waals surface area contributed by atoms with E-state index >= 15 is 0 Å². The number of methoxy groups -OCH3 is 1. The molecule has 0 bridgehead atoms. The van der Waals surface area contributed by atoms with E-state index in [-0.39, 0.29) is 24.4 Å². The van der Waals surface area contributed by atoms with Crippen LogP contribution in [0.2, 0.25) is 0 Å². The first-order chi connectivity index (χ1) is 12.3. The number of carbonyl (C=O) groups is 2. The van der Waals surface area contributed by atoms with Crippen LogP contribution < -0.4 is 5.32 Å². The molecule has 142 valence electrons. The molecule has 1 aromatic rings. The van der Waals surface area contributed by atoms with Crippen molar-refractivity contribution in [2.75, 3.05) is 13.7 Å². The quantitative estimate of drug-likeness (QED) is 0.867. The molecule has 0 saturated heterocycles. The number of ether oxygens (including phenoxy) is 1. The molecule has 1 aliphatic carbocycles. The number of hydrogen-bond acceptors (Lipinski definition) is 4. The number of fused-ring (bicyclic) bond motifs is 1. The molecule has 1 aromatic heterocycles. The highest BCUT2D eigenvalue weighted by atomic mass is 19.4. The minimum Gasteiger partial charge on any atom is -0.453 e. The van der Waals surface area contributed by atoms with Gasteiger partial charge in [0.05, 0.1) is 12.7 Å². The van der Waals surface area contributed by atoms with Gasteiger partial charge < -0.3 is 15.0 Å². The van der Waals surface area contributed by atoms with E-state index in [0.29, 0.717) is 43.5 Å². The summed E-state index contributed by atoms with van der Waals surface area (Å²) >= 11 is 0. The number of pyridine rings is 1. The number of alkyl carbamates (subject to hydrolysis) is 1. The maximum atomic E-state index is 12.9. The van der Waals surface area contributed by atoms with Crippen LogP contribution in [0.1, 0.15) is 36.1 Å². The van der Waals surface area contributed by atoms with Crippen LogP contribution in [0.15, 0.2) is 12.3 Å². The fraction of sp³-hybridized carbons (Fsp3) is 0.588. The van der Waals surface area contributed by atoms with Crippen molar-refractivity contribution in [1.29, 1.82) is 0 Å². The third-order valence-electron chi connectivity index (χ3n) is 4.97. The molecule has 1 N–H and O–H groups in total. The number of carbonyl (C=O) groups excluding carboxylic acids is 2. The van der Waals surface area contributed by atoms with Gasteiger partial charge in [0.1, 0.15) is 0 Å². The van der Waals surface area contributed by atoms with E-state index in [9.17, 15) is 22.8 Å². The molecule has 1 unspecified atom stereocenters. The number of hydrogen-bond donors (Lipinski definition) is 1. The first-order valence-corrected chi connectivity index (χ1v) is 8.46. The van der Waals surface area contributed by atoms with Crippen LogP contribution in [0, 0.1) is 5.92 Å². The van der Waals surface area contributed by atoms with Crippen LogP contribution in [0.3, 0.4) is 0 Å². The molecule has 9 heteroatoms. The molecule has 1 aliphatic heterocycles. The molecule has 1 saturated carbocycles. The maximum absolute atomic E-state index is 12.9. The Labute approximate surface area is 148 Å². The van der Waals surface area contributed by atoms with Crippen molar-refractivity contribution in [3.05, 3.63) is 29.1 Å². The Kier molecular flexibility index (Phi) is 5.06. The Hall–Kier alpha value is -2.32. The van der Waals surface area contributed by atoms with Gasteiger partial charge in [-0.05, 0) is 30.9 Å². The SMILES string of the molecule is COC(=O)NC1CC[C@H](C(=O)N2CCc3ncc(C(F)(F)F)cc3C2)C1. The summed E-state index contributed by atoms with van der Waals surface area (Å²) in [5.41, 5.74) is 0.258. The molecule has 2 heterocycles. The zero-order valence-electron chi connectivity index (χ0n) is 14.3. The Morgan fingerprint density at radius 2 is 2.12 bits per heavy atom. The van der Waals surface area contributed by atoms with Gasteiger partial charge in [0.2, 0.25) is 5.91 Å². The smallest absolute Gasteiger partial charge is 0.417 e. The van der Waals surface area contributed by atoms with Crippen molar-refractivity contribution >= 4 is 12.0 Å². The molecule has 26 heavy (non-hydrogen) atoms. The monoisotopic (exact) mass is 371 g/mol. The standard InChI is InChI=1S/C17H20F3N3O3/c1-26-16(25)22-13-3-2-10(7-13)15(24)23-5-4-14-11(9-23)6-12(8-21-14)17(18,19)20/h6,8,10,13H,2-5,7,9H2,1H3,(H,22,25)/t10-,13?/m0/s1. The lowest BCUT2D eigenvalue weighted by Gasteiger charge is -2.30. The number of amides is 2. The summed E-state index contributed by atoms with van der Waals surface area (Å²) in [6.45, 7) is 0.576. The van der Waals surface area contributed by atoms with Crippen molar-refractivity contribution in [2.45, 2.75) is 44.4 Å². The predicted molar refractivity (Wildman–Crippen MR) is 85.0 cm³/mol. The molecule has 3 rings (SSSR count). The number of aromatic nitrogens is 1. The van der Waals surface area contributed by atoms with Crippen LogP contribution in [0.5, 0.6) is 0 Å². The normalized spacial score (nSPS) is 22.7. The van der Waals surface area contributed by atoms with Crippen LogP contribution >= 0.6 is 0 Å². The number of alkyl halides is 3. The Balaban J connectivity index is 1.65. The van der Waals surface area contributed by atoms with Gasteiger partial charge in [0.15, 0.2) is 0 Å². The Morgan fingerprint density at radius 3 is 2.81 bits per heavy atom. The van der Waals surface area contributed by atoms with E-state index in [1.54, 1.807) is 4.90 Å². The first-order valence-electron chi connectivity index (χ1n) is 8.46. The van der Waals surface area contributed by atoms with E-state index in [4.69, 9.17) is 0 Å². The van der Waals surface area contributed by atoms with Gasteiger partial charge in [0, 0.05) is 43.4 Å². The zero-order chi connectivity index (χ0) is 18.9. The molecular weight excluding hydrogens is 351 g/mol. The molecular formula is C17H20F3N3O3. The largest absolute Gasteiger partial charge is 0.453 e. The molecule has 1 fully saturated rings. The van der Waals surface area contributed by atoms with Crippen molar-refractivity contribution in [3.8, 4) is 0 Å². The average molecular weight is 371 g/mol. The van der Waals surface area contributed by atoms with Gasteiger partial charge >= 0.3 is 12.3 Å².